The van der Waals surface area contributed by atoms with E-state index < -0.39 is 6.36 Å². The number of halogens is 3. The maximum Gasteiger partial charge on any atom is 0.573 e. The van der Waals surface area contributed by atoms with E-state index in [1.807, 2.05) is 4.68 Å². The molecule has 1 fully saturated rings. The van der Waals surface area contributed by atoms with E-state index in [9.17, 15) is 13.2 Å². The summed E-state index contributed by atoms with van der Waals surface area (Å²) in [5.74, 6) is -0.191. The summed E-state index contributed by atoms with van der Waals surface area (Å²) < 4.78 is 42.4. The van der Waals surface area contributed by atoms with Gasteiger partial charge in [0.1, 0.15) is 18.4 Å². The summed E-state index contributed by atoms with van der Waals surface area (Å²) >= 11 is 0. The average Bonchev–Trinajstić information content (AvgIpc) is 3.08. The highest BCUT2D eigenvalue weighted by molar-refractivity contribution is 5.29. The zero-order chi connectivity index (χ0) is 17.2. The molecule has 1 saturated heterocycles. The van der Waals surface area contributed by atoms with E-state index in [0.29, 0.717) is 6.04 Å². The highest BCUT2D eigenvalue weighted by atomic mass is 19.4. The van der Waals surface area contributed by atoms with Crippen LogP contribution in [0.25, 0.3) is 0 Å². The molecule has 24 heavy (non-hydrogen) atoms. The van der Waals surface area contributed by atoms with Gasteiger partial charge in [-0.1, -0.05) is 12.1 Å². The van der Waals surface area contributed by atoms with Gasteiger partial charge in [-0.05, 0) is 37.5 Å². The van der Waals surface area contributed by atoms with Crippen LogP contribution < -0.4 is 4.74 Å². The number of alkyl halides is 3. The van der Waals surface area contributed by atoms with Crippen LogP contribution in [0.4, 0.5) is 13.2 Å². The van der Waals surface area contributed by atoms with Gasteiger partial charge >= 0.3 is 6.36 Å². The van der Waals surface area contributed by atoms with Gasteiger partial charge in [0.15, 0.2) is 0 Å². The molecule has 0 unspecified atom stereocenters. The zero-order valence-corrected chi connectivity index (χ0v) is 13.3. The van der Waals surface area contributed by atoms with Crippen LogP contribution >= 0.6 is 0 Å². The van der Waals surface area contributed by atoms with Gasteiger partial charge in [0.05, 0.1) is 6.04 Å². The van der Waals surface area contributed by atoms with E-state index in [0.717, 1.165) is 31.5 Å². The van der Waals surface area contributed by atoms with Gasteiger partial charge in [-0.3, -0.25) is 4.90 Å². The van der Waals surface area contributed by atoms with Crippen LogP contribution in [0, 0.1) is 0 Å². The Bertz CT molecular complexity index is 634. The fourth-order valence-electron chi connectivity index (χ4n) is 3.10. The highest BCUT2D eigenvalue weighted by Crippen LogP contribution is 2.30. The molecular weight excluding hydrogens is 321 g/mol. The summed E-state index contributed by atoms with van der Waals surface area (Å²) in [7, 11) is 0. The molecule has 1 aromatic heterocycles. The topological polar surface area (TPSA) is 43.2 Å². The van der Waals surface area contributed by atoms with E-state index in [-0.39, 0.29) is 11.8 Å². The van der Waals surface area contributed by atoms with E-state index >= 15 is 0 Å². The number of hydrogen-bond acceptors (Lipinski definition) is 4. The maximum atomic E-state index is 12.2. The first-order chi connectivity index (χ1) is 11.4. The molecule has 8 heteroatoms. The van der Waals surface area contributed by atoms with Crippen molar-refractivity contribution in [1.29, 1.82) is 0 Å². The number of rotatable bonds is 4. The van der Waals surface area contributed by atoms with E-state index in [2.05, 4.69) is 26.6 Å². The first kappa shape index (κ1) is 16.8. The van der Waals surface area contributed by atoms with Crippen molar-refractivity contribution in [2.24, 2.45) is 0 Å². The Kier molecular flexibility index (Phi) is 4.75. The Morgan fingerprint density at radius 2 is 1.83 bits per heavy atom. The molecule has 0 aliphatic carbocycles. The van der Waals surface area contributed by atoms with Gasteiger partial charge in [-0.25, -0.2) is 9.67 Å². The largest absolute Gasteiger partial charge is 0.573 e. The lowest BCUT2D eigenvalue weighted by atomic mass is 10.0. The van der Waals surface area contributed by atoms with Crippen molar-refractivity contribution in [1.82, 2.24) is 19.7 Å². The number of aromatic nitrogens is 3. The Hall–Kier alpha value is -2.09. The first-order valence-corrected chi connectivity index (χ1v) is 7.86. The van der Waals surface area contributed by atoms with Gasteiger partial charge in [0, 0.05) is 19.1 Å². The molecule has 0 N–H and O–H groups in total. The quantitative estimate of drug-likeness (QED) is 0.853. The van der Waals surface area contributed by atoms with Crippen molar-refractivity contribution in [2.45, 2.75) is 38.2 Å². The van der Waals surface area contributed by atoms with Crippen LogP contribution in [0.2, 0.25) is 0 Å². The summed E-state index contributed by atoms with van der Waals surface area (Å²) in [4.78, 5) is 6.31. The monoisotopic (exact) mass is 340 g/mol. The molecule has 0 radical (unpaired) electrons. The molecule has 1 aliphatic heterocycles. The molecule has 1 atom stereocenters. The van der Waals surface area contributed by atoms with E-state index in [1.165, 1.54) is 12.1 Å². The number of hydrogen-bond donors (Lipinski definition) is 0. The lowest BCUT2D eigenvalue weighted by Gasteiger charge is -2.36. The smallest absolute Gasteiger partial charge is 0.406 e. The van der Waals surface area contributed by atoms with Crippen LogP contribution in [0.3, 0.4) is 0 Å². The van der Waals surface area contributed by atoms with Crippen molar-refractivity contribution in [3.8, 4) is 5.75 Å². The number of likely N-dealkylation sites (tertiary alicyclic amines) is 1. The highest BCUT2D eigenvalue weighted by Gasteiger charge is 2.31. The minimum atomic E-state index is -4.66. The van der Waals surface area contributed by atoms with Gasteiger partial charge in [0.25, 0.3) is 0 Å². The number of benzene rings is 1. The fourth-order valence-corrected chi connectivity index (χ4v) is 3.10. The second kappa shape index (κ2) is 6.80. The molecule has 1 aromatic carbocycles. The minimum absolute atomic E-state index is 0.140. The third-order valence-corrected chi connectivity index (χ3v) is 4.45. The van der Waals surface area contributed by atoms with Crippen LogP contribution in [-0.2, 0) is 0 Å². The number of piperidine rings is 1. The van der Waals surface area contributed by atoms with Crippen molar-refractivity contribution < 1.29 is 17.9 Å². The maximum absolute atomic E-state index is 12.2. The standard InChI is InChI=1S/C16H19F3N4O/c1-12(13-2-4-15(5-3-13)24-16(17,18)19)22-8-6-14(7-9-22)23-11-20-10-21-23/h2-5,10-12,14H,6-9H2,1H3/t12-/m1/s1. The second-order valence-corrected chi connectivity index (χ2v) is 5.94. The fraction of sp³-hybridized carbons (Fsp3) is 0.500. The summed E-state index contributed by atoms with van der Waals surface area (Å²) in [6.45, 7) is 3.88. The molecule has 0 spiro atoms. The summed E-state index contributed by atoms with van der Waals surface area (Å²) in [5, 5.41) is 4.19. The molecule has 3 rings (SSSR count). The van der Waals surface area contributed by atoms with Crippen LogP contribution in [0.1, 0.15) is 37.4 Å². The lowest BCUT2D eigenvalue weighted by Crippen LogP contribution is -2.36. The summed E-state index contributed by atoms with van der Waals surface area (Å²) in [6, 6.07) is 6.60. The Morgan fingerprint density at radius 3 is 2.38 bits per heavy atom. The van der Waals surface area contributed by atoms with Gasteiger partial charge in [-0.2, -0.15) is 5.10 Å². The molecule has 5 nitrogen and oxygen atoms in total. The normalized spacial score (nSPS) is 18.5. The predicted octanol–water partition coefficient (Wildman–Crippen LogP) is 3.57. The van der Waals surface area contributed by atoms with Crippen molar-refractivity contribution in [3.63, 3.8) is 0 Å². The number of ether oxygens (including phenoxy) is 1. The van der Waals surface area contributed by atoms with Crippen molar-refractivity contribution >= 4 is 0 Å². The second-order valence-electron chi connectivity index (χ2n) is 5.94. The van der Waals surface area contributed by atoms with Gasteiger partial charge in [-0.15, -0.1) is 13.2 Å². The molecule has 130 valence electrons. The summed E-state index contributed by atoms with van der Waals surface area (Å²) in [6.07, 6.45) is 0.574. The Balaban J connectivity index is 1.58. The van der Waals surface area contributed by atoms with Crippen LogP contribution in [-0.4, -0.2) is 39.1 Å². The molecule has 2 heterocycles. The lowest BCUT2D eigenvalue weighted by molar-refractivity contribution is -0.274. The Labute approximate surface area is 138 Å². The zero-order valence-electron chi connectivity index (χ0n) is 13.3. The summed E-state index contributed by atoms with van der Waals surface area (Å²) in [5.41, 5.74) is 0.976. The molecule has 0 saturated carbocycles. The predicted molar refractivity (Wildman–Crippen MR) is 81.4 cm³/mol. The molecule has 2 aromatic rings. The van der Waals surface area contributed by atoms with Crippen LogP contribution in [0.15, 0.2) is 36.9 Å². The molecular formula is C16H19F3N4O. The SMILES string of the molecule is C[C@H](c1ccc(OC(F)(F)F)cc1)N1CCC(n2cncn2)CC1. The Morgan fingerprint density at radius 1 is 1.17 bits per heavy atom. The number of nitrogens with zero attached hydrogens (tertiary/aromatic N) is 4. The van der Waals surface area contributed by atoms with Crippen molar-refractivity contribution in [2.75, 3.05) is 13.1 Å². The third-order valence-electron chi connectivity index (χ3n) is 4.45. The van der Waals surface area contributed by atoms with E-state index in [1.54, 1.807) is 24.8 Å². The average molecular weight is 340 g/mol. The first-order valence-electron chi connectivity index (χ1n) is 7.86. The molecule has 0 bridgehead atoms. The minimum Gasteiger partial charge on any atom is -0.406 e. The molecule has 0 amide bonds. The van der Waals surface area contributed by atoms with Crippen LogP contribution in [0.5, 0.6) is 5.75 Å². The molecule has 1 aliphatic rings. The third kappa shape index (κ3) is 4.05. The van der Waals surface area contributed by atoms with Crippen molar-refractivity contribution in [3.05, 3.63) is 42.5 Å². The van der Waals surface area contributed by atoms with Gasteiger partial charge in [0.2, 0.25) is 0 Å². The van der Waals surface area contributed by atoms with E-state index in [4.69, 9.17) is 0 Å². The van der Waals surface area contributed by atoms with Gasteiger partial charge < -0.3 is 4.74 Å².